The molecule has 1 unspecified atom stereocenters. The Hall–Kier alpha value is -1.92. The van der Waals surface area contributed by atoms with Gasteiger partial charge in [0.15, 0.2) is 0 Å². The summed E-state index contributed by atoms with van der Waals surface area (Å²) in [7, 11) is 5.53. The number of aliphatic carboxylic acids is 1. The minimum Gasteiger partial charge on any atom is -0.480 e. The number of hydrogen-bond donors (Lipinski definition) is 2. The molecule has 28 heavy (non-hydrogen) atoms. The fourth-order valence-corrected chi connectivity index (χ4v) is 4.36. The van der Waals surface area contributed by atoms with Crippen molar-refractivity contribution in [3.8, 4) is 0 Å². The minimum atomic E-state index is -1.18. The second-order valence-electron chi connectivity index (χ2n) is 7.89. The van der Waals surface area contributed by atoms with Gasteiger partial charge in [0.25, 0.3) is 0 Å². The first-order valence-corrected chi connectivity index (χ1v) is 10.1. The zero-order chi connectivity index (χ0) is 20.1. The van der Waals surface area contributed by atoms with Gasteiger partial charge in [-0.1, -0.05) is 49.5 Å². The van der Waals surface area contributed by atoms with Crippen LogP contribution in [0.5, 0.6) is 0 Å². The molecule has 3 N–H and O–H groups in total. The van der Waals surface area contributed by atoms with E-state index in [-0.39, 0.29) is 11.7 Å². The average molecular weight is 382 g/mol. The first kappa shape index (κ1) is 20.8. The molecular weight excluding hydrogens is 354 g/mol. The largest absolute Gasteiger partial charge is 0.480 e. The first-order valence-electron chi connectivity index (χ1n) is 10.1. The number of carbonyl (C=O) groups is 1. The lowest BCUT2D eigenvalue weighted by molar-refractivity contribution is -0.147. The lowest BCUT2D eigenvalue weighted by Gasteiger charge is -2.40. The summed E-state index contributed by atoms with van der Waals surface area (Å²) in [4.78, 5) is 14.2. The summed E-state index contributed by atoms with van der Waals surface area (Å²) in [6, 6.07) is 10.9. The van der Waals surface area contributed by atoms with Gasteiger partial charge in [0.05, 0.1) is 7.85 Å². The van der Waals surface area contributed by atoms with Crippen molar-refractivity contribution in [1.82, 2.24) is 4.90 Å². The van der Waals surface area contributed by atoms with Crippen LogP contribution >= 0.6 is 0 Å². The number of hydrogen-bond acceptors (Lipinski definition) is 3. The molecule has 1 aliphatic rings. The lowest BCUT2D eigenvalue weighted by atomic mass is 9.75. The lowest BCUT2D eigenvalue weighted by Crippen LogP contribution is -2.56. The summed E-state index contributed by atoms with van der Waals surface area (Å²) >= 11 is 0. The van der Waals surface area contributed by atoms with Gasteiger partial charge >= 0.3 is 5.97 Å². The number of fused-ring (bicyclic) bond motifs is 1. The molecule has 0 amide bonds. The first-order chi connectivity index (χ1) is 13.5. The van der Waals surface area contributed by atoms with E-state index in [1.165, 1.54) is 6.07 Å². The van der Waals surface area contributed by atoms with E-state index in [2.05, 4.69) is 4.90 Å². The SMILES string of the molecule is [B]CCCCC(N)(C(=O)O)C1CCN(Cc2ccc(F)c3ccccc23)CC1. The standard InChI is InChI=1S/C22H28BFN2O2/c23-12-4-3-11-22(25,21(27)28)17-9-13-26(14-10-17)15-16-7-8-20(24)19-6-2-1-5-18(16)19/h1-2,5-8,17H,3-4,9-15,25H2,(H,27,28). The van der Waals surface area contributed by atoms with E-state index < -0.39 is 11.5 Å². The zero-order valence-electron chi connectivity index (χ0n) is 16.2. The molecule has 1 atom stereocenters. The molecule has 2 aromatic carbocycles. The van der Waals surface area contributed by atoms with Crippen molar-refractivity contribution in [2.75, 3.05) is 13.1 Å². The molecular formula is C22H28BFN2O2. The molecule has 148 valence electrons. The Balaban J connectivity index is 1.66. The van der Waals surface area contributed by atoms with Gasteiger partial charge in [-0.2, -0.15) is 0 Å². The molecule has 0 bridgehead atoms. The van der Waals surface area contributed by atoms with Gasteiger partial charge in [-0.3, -0.25) is 9.69 Å². The number of piperidine rings is 1. The van der Waals surface area contributed by atoms with Crippen molar-refractivity contribution in [3.05, 3.63) is 47.8 Å². The average Bonchev–Trinajstić information content (AvgIpc) is 2.71. The van der Waals surface area contributed by atoms with Crippen molar-refractivity contribution in [2.45, 2.75) is 50.5 Å². The molecule has 4 nitrogen and oxygen atoms in total. The number of carboxylic acids is 1. The molecule has 0 saturated carbocycles. The second-order valence-corrected chi connectivity index (χ2v) is 7.89. The highest BCUT2D eigenvalue weighted by molar-refractivity contribution is 6.08. The van der Waals surface area contributed by atoms with E-state index in [1.807, 2.05) is 24.3 Å². The van der Waals surface area contributed by atoms with Crippen molar-refractivity contribution >= 4 is 24.6 Å². The van der Waals surface area contributed by atoms with Crippen LogP contribution in [-0.2, 0) is 11.3 Å². The van der Waals surface area contributed by atoms with Crippen LogP contribution in [0.25, 0.3) is 10.8 Å². The Bertz CT molecular complexity index is 823. The summed E-state index contributed by atoms with van der Waals surface area (Å²) in [5.74, 6) is -1.15. The number of halogens is 1. The van der Waals surface area contributed by atoms with E-state index in [0.717, 1.165) is 56.3 Å². The normalized spacial score (nSPS) is 18.2. The van der Waals surface area contributed by atoms with Gasteiger partial charge in [0.1, 0.15) is 11.4 Å². The third-order valence-corrected chi connectivity index (χ3v) is 6.11. The molecule has 6 heteroatoms. The van der Waals surface area contributed by atoms with Gasteiger partial charge < -0.3 is 10.8 Å². The molecule has 0 aliphatic carbocycles. The Morgan fingerprint density at radius 3 is 2.50 bits per heavy atom. The van der Waals surface area contributed by atoms with E-state index in [0.29, 0.717) is 18.1 Å². The molecule has 1 heterocycles. The Morgan fingerprint density at radius 1 is 1.18 bits per heavy atom. The van der Waals surface area contributed by atoms with Crippen molar-refractivity contribution < 1.29 is 14.3 Å². The maximum atomic E-state index is 14.0. The van der Waals surface area contributed by atoms with Crippen LogP contribution in [0.4, 0.5) is 4.39 Å². The fourth-order valence-electron chi connectivity index (χ4n) is 4.36. The van der Waals surface area contributed by atoms with Crippen molar-refractivity contribution in [1.29, 1.82) is 0 Å². The molecule has 2 aromatic rings. The van der Waals surface area contributed by atoms with Gasteiger partial charge in [-0.15, -0.1) is 0 Å². The zero-order valence-corrected chi connectivity index (χ0v) is 16.2. The Labute approximate surface area is 167 Å². The molecule has 0 aromatic heterocycles. The maximum Gasteiger partial charge on any atom is 0.323 e. The number of rotatable bonds is 8. The minimum absolute atomic E-state index is 0.0380. The molecule has 2 radical (unpaired) electrons. The van der Waals surface area contributed by atoms with Gasteiger partial charge in [0.2, 0.25) is 0 Å². The monoisotopic (exact) mass is 382 g/mol. The van der Waals surface area contributed by atoms with Crippen LogP contribution in [0.15, 0.2) is 36.4 Å². The van der Waals surface area contributed by atoms with E-state index >= 15 is 0 Å². The van der Waals surface area contributed by atoms with E-state index in [1.54, 1.807) is 6.07 Å². The molecule has 3 rings (SSSR count). The molecule has 1 fully saturated rings. The predicted molar refractivity (Wildman–Crippen MR) is 111 cm³/mol. The van der Waals surface area contributed by atoms with E-state index in [9.17, 15) is 14.3 Å². The Kier molecular flexibility index (Phi) is 6.73. The van der Waals surface area contributed by atoms with Crippen LogP contribution in [0, 0.1) is 11.7 Å². The highest BCUT2D eigenvalue weighted by Crippen LogP contribution is 2.32. The summed E-state index contributed by atoms with van der Waals surface area (Å²) in [6.45, 7) is 2.31. The summed E-state index contributed by atoms with van der Waals surface area (Å²) < 4.78 is 14.0. The smallest absolute Gasteiger partial charge is 0.323 e. The highest BCUT2D eigenvalue weighted by Gasteiger charge is 2.42. The summed E-state index contributed by atoms with van der Waals surface area (Å²) in [5.41, 5.74) is 6.26. The van der Waals surface area contributed by atoms with Gasteiger partial charge in [0, 0.05) is 11.9 Å². The highest BCUT2D eigenvalue weighted by atomic mass is 19.1. The van der Waals surface area contributed by atoms with Crippen molar-refractivity contribution in [3.63, 3.8) is 0 Å². The topological polar surface area (TPSA) is 66.6 Å². The number of benzene rings is 2. The van der Waals surface area contributed by atoms with Gasteiger partial charge in [-0.05, 0) is 55.3 Å². The fraction of sp³-hybridized carbons (Fsp3) is 0.500. The number of nitrogens with two attached hydrogens (primary N) is 1. The number of likely N-dealkylation sites (tertiary alicyclic amines) is 1. The second kappa shape index (κ2) is 9.06. The molecule has 0 spiro atoms. The van der Waals surface area contributed by atoms with E-state index in [4.69, 9.17) is 13.6 Å². The quantitative estimate of drug-likeness (QED) is 0.539. The van der Waals surface area contributed by atoms with Crippen LogP contribution in [0.3, 0.4) is 0 Å². The number of unbranched alkanes of at least 4 members (excludes halogenated alkanes) is 1. The van der Waals surface area contributed by atoms with Crippen LogP contribution in [-0.4, -0.2) is 42.5 Å². The molecule has 1 aliphatic heterocycles. The number of nitrogens with zero attached hydrogens (tertiary/aromatic N) is 1. The third kappa shape index (κ3) is 4.39. The van der Waals surface area contributed by atoms with Crippen LogP contribution < -0.4 is 5.73 Å². The number of carboxylic acid groups (broad SMARTS) is 1. The summed E-state index contributed by atoms with van der Waals surface area (Å²) in [5, 5.41) is 11.3. The van der Waals surface area contributed by atoms with Gasteiger partial charge in [-0.25, -0.2) is 4.39 Å². The van der Waals surface area contributed by atoms with Crippen LogP contribution in [0.2, 0.25) is 6.32 Å². The molecule has 1 saturated heterocycles. The predicted octanol–water partition coefficient (Wildman–Crippen LogP) is 3.73. The van der Waals surface area contributed by atoms with Crippen molar-refractivity contribution in [2.24, 2.45) is 11.7 Å². The third-order valence-electron chi connectivity index (χ3n) is 6.11. The summed E-state index contributed by atoms with van der Waals surface area (Å²) in [6.07, 6.45) is 4.06. The van der Waals surface area contributed by atoms with Crippen LogP contribution in [0.1, 0.15) is 37.7 Å². The maximum absolute atomic E-state index is 14.0. The Morgan fingerprint density at radius 2 is 1.86 bits per heavy atom.